The second-order valence-electron chi connectivity index (χ2n) is 5.11. The van der Waals surface area contributed by atoms with Crippen LogP contribution in [0.2, 0.25) is 0 Å². The number of carbonyl (C=O) groups is 1. The number of rotatable bonds is 6. The van der Waals surface area contributed by atoms with Gasteiger partial charge in [-0.25, -0.2) is 0 Å². The summed E-state index contributed by atoms with van der Waals surface area (Å²) < 4.78 is 0. The zero-order valence-corrected chi connectivity index (χ0v) is 11.6. The van der Waals surface area contributed by atoms with Gasteiger partial charge in [-0.15, -0.1) is 0 Å². The van der Waals surface area contributed by atoms with Gasteiger partial charge < -0.3 is 10.6 Å². The average molecular weight is 248 g/mol. The molecule has 1 amide bonds. The fourth-order valence-electron chi connectivity index (χ4n) is 1.82. The normalized spacial score (nSPS) is 10.7. The van der Waals surface area contributed by atoms with E-state index in [-0.39, 0.29) is 5.91 Å². The van der Waals surface area contributed by atoms with Gasteiger partial charge in [-0.2, -0.15) is 0 Å². The molecule has 1 aromatic carbocycles. The summed E-state index contributed by atoms with van der Waals surface area (Å²) in [4.78, 5) is 13.6. The molecular formula is C15H24N2O. The van der Waals surface area contributed by atoms with Crippen LogP contribution in [0, 0.1) is 5.92 Å². The maximum Gasteiger partial charge on any atom is 0.226 e. The Bertz CT molecular complexity index is 371. The summed E-state index contributed by atoms with van der Waals surface area (Å²) in [5, 5.41) is 0. The Hall–Kier alpha value is -1.35. The number of amides is 1. The molecule has 0 saturated heterocycles. The lowest BCUT2D eigenvalue weighted by molar-refractivity contribution is -0.119. The van der Waals surface area contributed by atoms with Crippen molar-refractivity contribution in [2.24, 2.45) is 11.7 Å². The number of nitrogens with two attached hydrogens (primary N) is 1. The molecule has 18 heavy (non-hydrogen) atoms. The summed E-state index contributed by atoms with van der Waals surface area (Å²) >= 11 is 0. The van der Waals surface area contributed by atoms with Crippen LogP contribution in [0.5, 0.6) is 0 Å². The molecule has 0 radical (unpaired) electrons. The van der Waals surface area contributed by atoms with E-state index in [1.54, 1.807) is 4.90 Å². The third kappa shape index (κ3) is 4.49. The Kier molecular flexibility index (Phi) is 5.86. The molecule has 0 unspecified atom stereocenters. The molecule has 0 atom stereocenters. The maximum absolute atomic E-state index is 11.9. The lowest BCUT2D eigenvalue weighted by Crippen LogP contribution is -2.27. The van der Waals surface area contributed by atoms with Gasteiger partial charge in [0.25, 0.3) is 0 Å². The number of hydrogen-bond donors (Lipinski definition) is 1. The van der Waals surface area contributed by atoms with Gasteiger partial charge >= 0.3 is 0 Å². The zero-order chi connectivity index (χ0) is 13.5. The van der Waals surface area contributed by atoms with Gasteiger partial charge in [0.1, 0.15) is 0 Å². The number of benzene rings is 1. The minimum Gasteiger partial charge on any atom is -0.330 e. The average Bonchev–Trinajstić information content (AvgIpc) is 2.35. The van der Waals surface area contributed by atoms with Gasteiger partial charge in [0.15, 0.2) is 0 Å². The fourth-order valence-corrected chi connectivity index (χ4v) is 1.82. The summed E-state index contributed by atoms with van der Waals surface area (Å²) in [6.07, 6.45) is 2.59. The fraction of sp³-hybridized carbons (Fsp3) is 0.533. The highest BCUT2D eigenvalue weighted by atomic mass is 16.2. The van der Waals surface area contributed by atoms with E-state index in [4.69, 9.17) is 5.73 Å². The Labute approximate surface area is 110 Å². The van der Waals surface area contributed by atoms with Crippen molar-refractivity contribution in [2.75, 3.05) is 18.5 Å². The Morgan fingerprint density at radius 2 is 1.89 bits per heavy atom. The van der Waals surface area contributed by atoms with Crippen LogP contribution in [-0.4, -0.2) is 19.5 Å². The first kappa shape index (κ1) is 14.7. The van der Waals surface area contributed by atoms with Gasteiger partial charge in [0, 0.05) is 19.2 Å². The van der Waals surface area contributed by atoms with Gasteiger partial charge in [-0.1, -0.05) is 26.0 Å². The highest BCUT2D eigenvalue weighted by Gasteiger charge is 2.12. The molecule has 0 bridgehead atoms. The van der Waals surface area contributed by atoms with E-state index in [2.05, 4.69) is 26.0 Å². The van der Waals surface area contributed by atoms with E-state index in [1.807, 2.05) is 19.2 Å². The van der Waals surface area contributed by atoms with Crippen molar-refractivity contribution >= 4 is 11.6 Å². The Morgan fingerprint density at radius 3 is 2.39 bits per heavy atom. The predicted molar refractivity (Wildman–Crippen MR) is 76.7 cm³/mol. The molecule has 0 spiro atoms. The monoisotopic (exact) mass is 248 g/mol. The van der Waals surface area contributed by atoms with Crippen LogP contribution in [0.15, 0.2) is 24.3 Å². The third-order valence-electron chi connectivity index (χ3n) is 2.95. The third-order valence-corrected chi connectivity index (χ3v) is 2.95. The molecular weight excluding hydrogens is 224 g/mol. The second-order valence-corrected chi connectivity index (χ2v) is 5.11. The van der Waals surface area contributed by atoms with Crippen molar-refractivity contribution < 1.29 is 4.79 Å². The van der Waals surface area contributed by atoms with Gasteiger partial charge in [-0.05, 0) is 43.0 Å². The lowest BCUT2D eigenvalue weighted by atomic mass is 10.1. The first-order valence-corrected chi connectivity index (χ1v) is 6.60. The Balaban J connectivity index is 2.63. The summed E-state index contributed by atoms with van der Waals surface area (Å²) in [5.41, 5.74) is 7.72. The number of hydrogen-bond acceptors (Lipinski definition) is 2. The smallest absolute Gasteiger partial charge is 0.226 e. The molecule has 3 heteroatoms. The van der Waals surface area contributed by atoms with E-state index in [0.29, 0.717) is 18.9 Å². The molecule has 3 nitrogen and oxygen atoms in total. The topological polar surface area (TPSA) is 46.3 Å². The molecule has 0 aromatic heterocycles. The lowest BCUT2D eigenvalue weighted by Gasteiger charge is -2.18. The van der Waals surface area contributed by atoms with Crippen molar-refractivity contribution in [3.05, 3.63) is 29.8 Å². The Morgan fingerprint density at radius 1 is 1.28 bits per heavy atom. The van der Waals surface area contributed by atoms with Crippen LogP contribution < -0.4 is 10.6 Å². The van der Waals surface area contributed by atoms with Gasteiger partial charge in [0.2, 0.25) is 5.91 Å². The molecule has 0 heterocycles. The molecule has 100 valence electrons. The van der Waals surface area contributed by atoms with Crippen LogP contribution in [0.1, 0.15) is 32.3 Å². The minimum atomic E-state index is 0.166. The molecule has 0 aliphatic carbocycles. The predicted octanol–water partition coefficient (Wildman–Crippen LogP) is 2.59. The molecule has 1 rings (SSSR count). The van der Waals surface area contributed by atoms with Crippen LogP contribution in [-0.2, 0) is 11.2 Å². The van der Waals surface area contributed by atoms with Crippen molar-refractivity contribution in [2.45, 2.75) is 33.1 Å². The van der Waals surface area contributed by atoms with Crippen LogP contribution >= 0.6 is 0 Å². The van der Waals surface area contributed by atoms with Crippen molar-refractivity contribution in [3.63, 3.8) is 0 Å². The molecule has 0 fully saturated rings. The van der Waals surface area contributed by atoms with E-state index in [9.17, 15) is 4.79 Å². The second kappa shape index (κ2) is 7.17. The van der Waals surface area contributed by atoms with Crippen LogP contribution in [0.3, 0.4) is 0 Å². The van der Waals surface area contributed by atoms with Crippen LogP contribution in [0.4, 0.5) is 5.69 Å². The van der Waals surface area contributed by atoms with E-state index in [1.165, 1.54) is 5.56 Å². The van der Waals surface area contributed by atoms with Crippen molar-refractivity contribution in [3.8, 4) is 0 Å². The zero-order valence-electron chi connectivity index (χ0n) is 11.6. The quantitative estimate of drug-likeness (QED) is 0.841. The van der Waals surface area contributed by atoms with E-state index < -0.39 is 0 Å². The first-order chi connectivity index (χ1) is 8.54. The summed E-state index contributed by atoms with van der Waals surface area (Å²) in [7, 11) is 1.83. The molecule has 0 aliphatic heterocycles. The highest BCUT2D eigenvalue weighted by molar-refractivity contribution is 5.92. The van der Waals surface area contributed by atoms with E-state index >= 15 is 0 Å². The molecule has 0 saturated carbocycles. The first-order valence-electron chi connectivity index (χ1n) is 6.60. The minimum absolute atomic E-state index is 0.166. The van der Waals surface area contributed by atoms with Gasteiger partial charge in [0.05, 0.1) is 0 Å². The number of nitrogens with zero attached hydrogens (tertiary/aromatic N) is 1. The number of anilines is 1. The van der Waals surface area contributed by atoms with Crippen molar-refractivity contribution in [1.82, 2.24) is 0 Å². The highest BCUT2D eigenvalue weighted by Crippen LogP contribution is 2.16. The largest absolute Gasteiger partial charge is 0.330 e. The summed E-state index contributed by atoms with van der Waals surface area (Å²) in [6.45, 7) is 4.83. The maximum atomic E-state index is 11.9. The van der Waals surface area contributed by atoms with Crippen molar-refractivity contribution in [1.29, 1.82) is 0 Å². The summed E-state index contributed by atoms with van der Waals surface area (Å²) in [6, 6.07) is 8.16. The number of aryl methyl sites for hydroxylation is 1. The standard InChI is InChI=1S/C15H24N2O/c1-12(2)11-15(18)17(3)14-8-6-13(7-9-14)5-4-10-16/h6-9,12H,4-5,10-11,16H2,1-3H3. The SMILES string of the molecule is CC(C)CC(=O)N(C)c1ccc(CCCN)cc1. The van der Waals surface area contributed by atoms with E-state index in [0.717, 1.165) is 18.5 Å². The molecule has 1 aromatic rings. The summed E-state index contributed by atoms with van der Waals surface area (Å²) in [5.74, 6) is 0.559. The molecule has 2 N–H and O–H groups in total. The number of carbonyl (C=O) groups excluding carboxylic acids is 1. The molecule has 0 aliphatic rings. The van der Waals surface area contributed by atoms with Gasteiger partial charge in [-0.3, -0.25) is 4.79 Å². The van der Waals surface area contributed by atoms with Crippen LogP contribution in [0.25, 0.3) is 0 Å².